The fourth-order valence-corrected chi connectivity index (χ4v) is 8.89. The Morgan fingerprint density at radius 3 is 2.17 bits per heavy atom. The molecule has 35 heavy (non-hydrogen) atoms. The summed E-state index contributed by atoms with van der Waals surface area (Å²) in [5.41, 5.74) is -0.377. The number of anilines is 1. The van der Waals surface area contributed by atoms with E-state index in [1.807, 2.05) is 6.92 Å². The minimum Gasteiger partial charge on any atom is -0.322 e. The van der Waals surface area contributed by atoms with Crippen molar-refractivity contribution in [3.05, 3.63) is 59.1 Å². The van der Waals surface area contributed by atoms with Crippen molar-refractivity contribution in [1.82, 2.24) is 4.31 Å². The summed E-state index contributed by atoms with van der Waals surface area (Å²) < 4.78 is 56.4. The highest BCUT2D eigenvalue weighted by molar-refractivity contribution is 7.89. The number of benzene rings is 2. The van der Waals surface area contributed by atoms with Crippen LogP contribution in [0.3, 0.4) is 0 Å². The molecule has 2 aromatic carbocycles. The second-order valence-corrected chi connectivity index (χ2v) is 13.0. The Balaban J connectivity index is 1.47. The molecular formula is C26H29ClF2N2O3S. The second kappa shape index (κ2) is 9.12. The Morgan fingerprint density at radius 2 is 1.63 bits per heavy atom. The van der Waals surface area contributed by atoms with Gasteiger partial charge in [-0.15, -0.1) is 0 Å². The number of amides is 1. The molecule has 2 aromatic rings. The molecule has 6 rings (SSSR count). The fourth-order valence-electron chi connectivity index (χ4n) is 7.09. The molecule has 1 amide bonds. The molecular weight excluding hydrogens is 494 g/mol. The van der Waals surface area contributed by atoms with Crippen molar-refractivity contribution in [2.24, 2.45) is 23.2 Å². The Morgan fingerprint density at radius 1 is 1.06 bits per heavy atom. The number of carbonyl (C=O) groups is 1. The number of sulfonamides is 1. The smallest absolute Gasteiger partial charge is 0.243 e. The van der Waals surface area contributed by atoms with Crippen molar-refractivity contribution in [2.75, 3.05) is 11.9 Å². The first-order valence-electron chi connectivity index (χ1n) is 12.1. The Hall–Kier alpha value is -2.03. The van der Waals surface area contributed by atoms with Crippen LogP contribution >= 0.6 is 11.6 Å². The predicted molar refractivity (Wildman–Crippen MR) is 130 cm³/mol. The molecule has 0 aliphatic heterocycles. The van der Waals surface area contributed by atoms with E-state index in [1.54, 1.807) is 0 Å². The van der Waals surface area contributed by atoms with Crippen molar-refractivity contribution in [1.29, 1.82) is 0 Å². The third kappa shape index (κ3) is 4.72. The van der Waals surface area contributed by atoms with Gasteiger partial charge in [-0.1, -0.05) is 11.6 Å². The highest BCUT2D eigenvalue weighted by Crippen LogP contribution is 2.62. The van der Waals surface area contributed by atoms with Gasteiger partial charge >= 0.3 is 0 Å². The number of nitrogens with zero attached hydrogens (tertiary/aromatic N) is 1. The van der Waals surface area contributed by atoms with Crippen LogP contribution in [0.4, 0.5) is 14.5 Å². The maximum atomic E-state index is 14.1. The molecule has 4 saturated carbocycles. The van der Waals surface area contributed by atoms with Crippen LogP contribution in [0.2, 0.25) is 5.02 Å². The van der Waals surface area contributed by atoms with Crippen LogP contribution < -0.4 is 5.32 Å². The van der Waals surface area contributed by atoms with Crippen LogP contribution in [-0.4, -0.2) is 31.2 Å². The summed E-state index contributed by atoms with van der Waals surface area (Å²) in [5.74, 6) is -0.546. The number of nitrogens with one attached hydrogen (secondary N) is 1. The van der Waals surface area contributed by atoms with Gasteiger partial charge in [0.05, 0.1) is 17.1 Å². The van der Waals surface area contributed by atoms with Gasteiger partial charge in [-0.2, -0.15) is 4.31 Å². The standard InChI is InChI=1S/C26H29ClF2N2O3S/c1-16(26-12-17-8-18(13-26)10-19(9-17)14-26)31(35(33,34)22-5-2-20(27)3-6-22)15-25(32)30-24-7-4-21(28)11-23(24)29/h2-7,11,16-19H,8-10,12-15H2,1H3,(H,30,32)/t16-,17?,18?,19?,26?/m0/s1. The molecule has 4 bridgehead atoms. The van der Waals surface area contributed by atoms with E-state index in [0.29, 0.717) is 28.8 Å². The SMILES string of the molecule is C[C@H](N(CC(=O)Nc1ccc(F)cc1F)S(=O)(=O)c1ccc(Cl)cc1)C12CC3CC(CC(C3)C1)C2. The number of carbonyl (C=O) groups excluding carboxylic acids is 1. The fraction of sp³-hybridized carbons (Fsp3) is 0.500. The van der Waals surface area contributed by atoms with E-state index in [9.17, 15) is 22.0 Å². The average molecular weight is 523 g/mol. The van der Waals surface area contributed by atoms with E-state index in [2.05, 4.69) is 5.32 Å². The lowest BCUT2D eigenvalue weighted by Crippen LogP contribution is -2.58. The molecule has 1 atom stereocenters. The molecule has 1 N–H and O–H groups in total. The van der Waals surface area contributed by atoms with Gasteiger partial charge in [0.1, 0.15) is 11.6 Å². The lowest BCUT2D eigenvalue weighted by atomic mass is 9.48. The molecule has 9 heteroatoms. The largest absolute Gasteiger partial charge is 0.322 e. The maximum Gasteiger partial charge on any atom is 0.243 e. The van der Waals surface area contributed by atoms with E-state index in [4.69, 9.17) is 11.6 Å². The monoisotopic (exact) mass is 522 g/mol. The minimum absolute atomic E-state index is 0.0549. The Kier molecular flexibility index (Phi) is 6.43. The Bertz CT molecular complexity index is 1200. The highest BCUT2D eigenvalue weighted by Gasteiger charge is 2.55. The van der Waals surface area contributed by atoms with Gasteiger partial charge in [-0.25, -0.2) is 17.2 Å². The summed E-state index contributed by atoms with van der Waals surface area (Å²) in [6, 6.07) is 8.33. The number of hydrogen-bond acceptors (Lipinski definition) is 3. The Labute approximate surface area is 209 Å². The zero-order valence-corrected chi connectivity index (χ0v) is 21.1. The van der Waals surface area contributed by atoms with Crippen LogP contribution in [0.15, 0.2) is 47.4 Å². The van der Waals surface area contributed by atoms with E-state index in [1.165, 1.54) is 47.8 Å². The zero-order valence-electron chi connectivity index (χ0n) is 19.5. The molecule has 5 nitrogen and oxygen atoms in total. The molecule has 0 radical (unpaired) electrons. The van der Waals surface area contributed by atoms with Crippen molar-refractivity contribution >= 4 is 33.2 Å². The predicted octanol–water partition coefficient (Wildman–Crippen LogP) is 5.85. The third-order valence-electron chi connectivity index (χ3n) is 8.33. The van der Waals surface area contributed by atoms with Crippen molar-refractivity contribution < 1.29 is 22.0 Å². The zero-order chi connectivity index (χ0) is 25.0. The van der Waals surface area contributed by atoms with E-state index in [-0.39, 0.29) is 16.0 Å². The molecule has 4 aliphatic rings. The molecule has 4 aliphatic carbocycles. The molecule has 0 heterocycles. The van der Waals surface area contributed by atoms with Gasteiger partial charge in [0.15, 0.2) is 0 Å². The van der Waals surface area contributed by atoms with E-state index >= 15 is 0 Å². The van der Waals surface area contributed by atoms with Gasteiger partial charge in [-0.3, -0.25) is 4.79 Å². The first-order chi connectivity index (χ1) is 16.6. The second-order valence-electron chi connectivity index (χ2n) is 10.6. The van der Waals surface area contributed by atoms with Crippen LogP contribution in [0, 0.1) is 34.8 Å². The summed E-state index contributed by atoms with van der Waals surface area (Å²) in [5, 5.41) is 2.83. The number of rotatable bonds is 7. The van der Waals surface area contributed by atoms with Gasteiger partial charge in [-0.05, 0) is 105 Å². The van der Waals surface area contributed by atoms with E-state index in [0.717, 1.165) is 31.4 Å². The quantitative estimate of drug-likeness (QED) is 0.496. The van der Waals surface area contributed by atoms with Crippen molar-refractivity contribution in [3.8, 4) is 0 Å². The van der Waals surface area contributed by atoms with Crippen LogP contribution in [0.5, 0.6) is 0 Å². The third-order valence-corrected chi connectivity index (χ3v) is 10.5. The van der Waals surface area contributed by atoms with Crippen molar-refractivity contribution in [2.45, 2.75) is 56.4 Å². The van der Waals surface area contributed by atoms with Gasteiger partial charge in [0, 0.05) is 17.1 Å². The molecule has 0 aromatic heterocycles. The van der Waals surface area contributed by atoms with Gasteiger partial charge in [0.2, 0.25) is 15.9 Å². The molecule has 188 valence electrons. The maximum absolute atomic E-state index is 14.1. The van der Waals surface area contributed by atoms with Crippen LogP contribution in [0.1, 0.15) is 45.4 Å². The average Bonchev–Trinajstić information content (AvgIpc) is 2.78. The highest BCUT2D eigenvalue weighted by atomic mass is 35.5. The molecule has 0 spiro atoms. The van der Waals surface area contributed by atoms with Crippen LogP contribution in [0.25, 0.3) is 0 Å². The van der Waals surface area contributed by atoms with Gasteiger partial charge < -0.3 is 5.32 Å². The molecule has 0 saturated heterocycles. The first kappa shape index (κ1) is 24.7. The first-order valence-corrected chi connectivity index (χ1v) is 13.9. The topological polar surface area (TPSA) is 66.5 Å². The number of halogens is 3. The van der Waals surface area contributed by atoms with Crippen molar-refractivity contribution in [3.63, 3.8) is 0 Å². The molecule has 0 unspecified atom stereocenters. The summed E-state index contributed by atoms with van der Waals surface area (Å²) in [6.07, 6.45) is 6.50. The van der Waals surface area contributed by atoms with Crippen LogP contribution in [-0.2, 0) is 14.8 Å². The van der Waals surface area contributed by atoms with E-state index < -0.39 is 40.2 Å². The summed E-state index contributed by atoms with van der Waals surface area (Å²) in [7, 11) is -4.05. The summed E-state index contributed by atoms with van der Waals surface area (Å²) >= 11 is 5.98. The minimum atomic E-state index is -4.05. The normalized spacial score (nSPS) is 28.3. The van der Waals surface area contributed by atoms with Gasteiger partial charge in [0.25, 0.3) is 0 Å². The summed E-state index contributed by atoms with van der Waals surface area (Å²) in [6.45, 7) is 1.44. The summed E-state index contributed by atoms with van der Waals surface area (Å²) in [4.78, 5) is 13.1. The number of hydrogen-bond donors (Lipinski definition) is 1. The molecule has 4 fully saturated rings. The lowest BCUT2D eigenvalue weighted by molar-refractivity contribution is -0.119. The lowest BCUT2D eigenvalue weighted by Gasteiger charge is -2.60.